The van der Waals surface area contributed by atoms with Crippen molar-refractivity contribution in [1.82, 2.24) is 4.98 Å². The van der Waals surface area contributed by atoms with Crippen molar-refractivity contribution in [1.29, 1.82) is 0 Å². The van der Waals surface area contributed by atoms with Crippen LogP contribution >= 0.6 is 0 Å². The van der Waals surface area contributed by atoms with Gasteiger partial charge in [0.05, 0.1) is 11.9 Å². The molecule has 2 rings (SSSR count). The fourth-order valence-corrected chi connectivity index (χ4v) is 3.12. The lowest BCUT2D eigenvalue weighted by molar-refractivity contribution is 0.183. The lowest BCUT2D eigenvalue weighted by Crippen LogP contribution is -2.12. The maximum atomic E-state index is 13.9. The molecule has 1 unspecified atom stereocenters. The van der Waals surface area contributed by atoms with Gasteiger partial charge in [0.2, 0.25) is 0 Å². The summed E-state index contributed by atoms with van der Waals surface area (Å²) in [7, 11) is 0. The van der Waals surface area contributed by atoms with Gasteiger partial charge in [-0.05, 0) is 37.0 Å². The number of hydrogen-bond donors (Lipinski definition) is 0. The molecule has 0 saturated carbocycles. The van der Waals surface area contributed by atoms with Crippen molar-refractivity contribution in [2.24, 2.45) is 0 Å². The molecule has 2 nitrogen and oxygen atoms in total. The highest BCUT2D eigenvalue weighted by molar-refractivity contribution is 5.59. The van der Waals surface area contributed by atoms with Gasteiger partial charge in [-0.3, -0.25) is 4.98 Å². The third-order valence-electron chi connectivity index (χ3n) is 4.86. The van der Waals surface area contributed by atoms with Gasteiger partial charge in [0.15, 0.2) is 0 Å². The molecule has 2 aromatic rings. The monoisotopic (exact) mass is 371 g/mol. The van der Waals surface area contributed by atoms with Crippen LogP contribution in [0.15, 0.2) is 42.6 Å². The second-order valence-electron chi connectivity index (χ2n) is 7.29. The van der Waals surface area contributed by atoms with Gasteiger partial charge in [0, 0.05) is 5.56 Å². The number of benzene rings is 1. The van der Waals surface area contributed by atoms with Crippen molar-refractivity contribution >= 4 is 0 Å². The first-order valence-corrected chi connectivity index (χ1v) is 10.5. The zero-order valence-corrected chi connectivity index (χ0v) is 16.9. The van der Waals surface area contributed by atoms with Gasteiger partial charge in [-0.1, -0.05) is 76.6 Å². The number of alkyl halides is 1. The van der Waals surface area contributed by atoms with Gasteiger partial charge < -0.3 is 4.74 Å². The molecule has 1 aromatic heterocycles. The van der Waals surface area contributed by atoms with E-state index in [0.29, 0.717) is 12.2 Å². The van der Waals surface area contributed by atoms with Crippen LogP contribution in [0, 0.1) is 0 Å². The molecule has 1 atom stereocenters. The van der Waals surface area contributed by atoms with E-state index in [1.54, 1.807) is 6.20 Å². The first-order chi connectivity index (χ1) is 13.2. The summed E-state index contributed by atoms with van der Waals surface area (Å²) in [5.74, 6) is 0.631. The van der Waals surface area contributed by atoms with Crippen molar-refractivity contribution in [2.45, 2.75) is 77.8 Å². The molecule has 0 fully saturated rings. The van der Waals surface area contributed by atoms with Crippen LogP contribution in [0.2, 0.25) is 0 Å². The third-order valence-corrected chi connectivity index (χ3v) is 4.86. The average Bonchev–Trinajstić information content (AvgIpc) is 2.71. The van der Waals surface area contributed by atoms with Gasteiger partial charge in [-0.15, -0.1) is 0 Å². The minimum absolute atomic E-state index is 0.111. The Labute approximate surface area is 164 Å². The number of aromatic nitrogens is 1. The minimum Gasteiger partial charge on any atom is -0.489 e. The van der Waals surface area contributed by atoms with E-state index in [9.17, 15) is 4.39 Å². The van der Waals surface area contributed by atoms with E-state index < -0.39 is 6.17 Å². The molecular weight excluding hydrogens is 337 g/mol. The molecule has 0 spiro atoms. The number of nitrogens with zero attached hydrogens (tertiary/aromatic N) is 1. The highest BCUT2D eigenvalue weighted by Crippen LogP contribution is 2.21. The summed E-state index contributed by atoms with van der Waals surface area (Å²) in [4.78, 5) is 4.47. The Kier molecular flexibility index (Phi) is 9.89. The molecule has 0 amide bonds. The molecule has 0 N–H and O–H groups in total. The van der Waals surface area contributed by atoms with E-state index in [4.69, 9.17) is 4.74 Å². The van der Waals surface area contributed by atoms with E-state index in [-0.39, 0.29) is 6.61 Å². The topological polar surface area (TPSA) is 22.1 Å². The van der Waals surface area contributed by atoms with Crippen molar-refractivity contribution in [3.05, 3.63) is 48.2 Å². The number of hydrogen-bond acceptors (Lipinski definition) is 2. The molecule has 3 heteroatoms. The van der Waals surface area contributed by atoms with Gasteiger partial charge in [0.1, 0.15) is 18.5 Å². The van der Waals surface area contributed by atoms with Crippen LogP contribution in [-0.4, -0.2) is 17.8 Å². The largest absolute Gasteiger partial charge is 0.489 e. The Morgan fingerprint density at radius 1 is 0.889 bits per heavy atom. The van der Waals surface area contributed by atoms with Crippen LogP contribution < -0.4 is 4.74 Å². The second kappa shape index (κ2) is 12.5. The Hall–Kier alpha value is -1.90. The highest BCUT2D eigenvalue weighted by atomic mass is 19.1. The zero-order valence-electron chi connectivity index (χ0n) is 16.9. The molecule has 0 radical (unpaired) electrons. The van der Waals surface area contributed by atoms with Crippen LogP contribution in [0.3, 0.4) is 0 Å². The first kappa shape index (κ1) is 21.4. The molecule has 148 valence electrons. The van der Waals surface area contributed by atoms with Crippen molar-refractivity contribution in [3.63, 3.8) is 0 Å². The number of pyridine rings is 1. The van der Waals surface area contributed by atoms with Gasteiger partial charge >= 0.3 is 0 Å². The zero-order chi connectivity index (χ0) is 19.3. The number of rotatable bonds is 13. The standard InChI is InChI=1S/C24H34FNO/c1-3-5-7-9-11-22(25)19-27-23-16-17-24(26-18-23)21-14-12-20(13-15-21)10-8-6-4-2/h12-18,22H,3-11,19H2,1-2H3. The Morgan fingerprint density at radius 3 is 2.30 bits per heavy atom. The van der Waals surface area contributed by atoms with Gasteiger partial charge in [-0.2, -0.15) is 0 Å². The lowest BCUT2D eigenvalue weighted by atomic mass is 10.0. The fourth-order valence-electron chi connectivity index (χ4n) is 3.12. The molecule has 0 saturated heterocycles. The second-order valence-corrected chi connectivity index (χ2v) is 7.29. The fraction of sp³-hybridized carbons (Fsp3) is 0.542. The molecule has 0 bridgehead atoms. The predicted octanol–water partition coefficient (Wildman–Crippen LogP) is 7.17. The number of unbranched alkanes of at least 4 members (excludes halogenated alkanes) is 5. The summed E-state index contributed by atoms with van der Waals surface area (Å²) in [6, 6.07) is 12.4. The molecule has 1 heterocycles. The summed E-state index contributed by atoms with van der Waals surface area (Å²) >= 11 is 0. The highest BCUT2D eigenvalue weighted by Gasteiger charge is 2.08. The molecule has 27 heavy (non-hydrogen) atoms. The third kappa shape index (κ3) is 8.11. The van der Waals surface area contributed by atoms with Crippen LogP contribution in [0.5, 0.6) is 5.75 Å². The van der Waals surface area contributed by atoms with Gasteiger partial charge in [-0.25, -0.2) is 4.39 Å². The van der Waals surface area contributed by atoms with E-state index in [1.165, 1.54) is 37.7 Å². The van der Waals surface area contributed by atoms with Crippen LogP contribution in [0.1, 0.15) is 70.8 Å². The quantitative estimate of drug-likeness (QED) is 0.348. The molecule has 1 aromatic carbocycles. The summed E-state index contributed by atoms with van der Waals surface area (Å²) in [6.07, 6.45) is 10.7. The Balaban J connectivity index is 1.79. The SMILES string of the molecule is CCCCCCC(F)COc1ccc(-c2ccc(CCCCC)cc2)nc1. The maximum absolute atomic E-state index is 13.9. The Bertz CT molecular complexity index is 624. The van der Waals surface area contributed by atoms with Crippen molar-refractivity contribution in [2.75, 3.05) is 6.61 Å². The van der Waals surface area contributed by atoms with Crippen LogP contribution in [0.25, 0.3) is 11.3 Å². The van der Waals surface area contributed by atoms with E-state index in [2.05, 4.69) is 43.1 Å². The average molecular weight is 372 g/mol. The lowest BCUT2D eigenvalue weighted by Gasteiger charge is -2.11. The molecule has 0 aliphatic carbocycles. The van der Waals surface area contributed by atoms with E-state index in [0.717, 1.165) is 30.5 Å². The molecule has 0 aliphatic rings. The number of aryl methyl sites for hydroxylation is 1. The molecular formula is C24H34FNO. The Morgan fingerprint density at radius 2 is 1.63 bits per heavy atom. The summed E-state index contributed by atoms with van der Waals surface area (Å²) < 4.78 is 19.4. The molecule has 0 aliphatic heterocycles. The van der Waals surface area contributed by atoms with Crippen molar-refractivity contribution in [3.8, 4) is 17.0 Å². The smallest absolute Gasteiger partial charge is 0.137 e. The van der Waals surface area contributed by atoms with Gasteiger partial charge in [0.25, 0.3) is 0 Å². The summed E-state index contributed by atoms with van der Waals surface area (Å²) in [5.41, 5.74) is 3.39. The number of halogens is 1. The normalized spacial score (nSPS) is 12.1. The van der Waals surface area contributed by atoms with E-state index in [1.807, 2.05) is 12.1 Å². The minimum atomic E-state index is -0.901. The van der Waals surface area contributed by atoms with E-state index >= 15 is 0 Å². The number of ether oxygens (including phenoxy) is 1. The first-order valence-electron chi connectivity index (χ1n) is 10.5. The van der Waals surface area contributed by atoms with Crippen LogP contribution in [-0.2, 0) is 6.42 Å². The predicted molar refractivity (Wildman–Crippen MR) is 112 cm³/mol. The summed E-state index contributed by atoms with van der Waals surface area (Å²) in [6.45, 7) is 4.50. The van der Waals surface area contributed by atoms with Crippen LogP contribution in [0.4, 0.5) is 4.39 Å². The summed E-state index contributed by atoms with van der Waals surface area (Å²) in [5, 5.41) is 0. The van der Waals surface area contributed by atoms with Crippen molar-refractivity contribution < 1.29 is 9.13 Å². The maximum Gasteiger partial charge on any atom is 0.137 e.